The zero-order chi connectivity index (χ0) is 22.8. The van der Waals surface area contributed by atoms with E-state index < -0.39 is 10.8 Å². The molecule has 0 aliphatic heterocycles. The molecule has 1 amide bonds. The molecule has 2 aromatic heterocycles. The summed E-state index contributed by atoms with van der Waals surface area (Å²) in [6.07, 6.45) is 1.34. The molecule has 10 nitrogen and oxygen atoms in total. The van der Waals surface area contributed by atoms with E-state index in [0.717, 1.165) is 32.0 Å². The molecular formula is C19H13N5O5S3. The Bertz CT molecular complexity index is 1480. The minimum Gasteiger partial charge on any atom is -0.492 e. The number of para-hydroxylation sites is 1. The highest BCUT2D eigenvalue weighted by molar-refractivity contribution is 7.73. The van der Waals surface area contributed by atoms with Crippen LogP contribution < -0.4 is 10.3 Å². The number of carbonyl (C=O) groups is 1. The van der Waals surface area contributed by atoms with Gasteiger partial charge in [0, 0.05) is 12.1 Å². The highest BCUT2D eigenvalue weighted by atomic mass is 32.1. The van der Waals surface area contributed by atoms with Gasteiger partial charge in [-0.1, -0.05) is 34.8 Å². The van der Waals surface area contributed by atoms with Gasteiger partial charge in [0.15, 0.2) is 3.95 Å². The van der Waals surface area contributed by atoms with Crippen molar-refractivity contribution in [2.75, 3.05) is 5.43 Å². The van der Waals surface area contributed by atoms with Crippen LogP contribution in [0, 0.1) is 14.1 Å². The van der Waals surface area contributed by atoms with Crippen molar-refractivity contribution >= 4 is 68.6 Å². The third kappa shape index (κ3) is 4.34. The minimum absolute atomic E-state index is 0.0613. The number of nitrogens with one attached hydrogen (secondary N) is 1. The average Bonchev–Trinajstić information content (AvgIpc) is 3.23. The summed E-state index contributed by atoms with van der Waals surface area (Å²) in [7, 11) is 0. The molecule has 162 valence electrons. The Morgan fingerprint density at radius 3 is 2.66 bits per heavy atom. The SMILES string of the molecule is O=C(Cn1c(=O)sc2ccccc21)Nn1c(O)c(C=Nc2ccc([N+](=O)[O-])cc2)sc1=S. The summed E-state index contributed by atoms with van der Waals surface area (Å²) in [5.41, 5.74) is 3.51. The predicted molar refractivity (Wildman–Crippen MR) is 126 cm³/mol. The summed E-state index contributed by atoms with van der Waals surface area (Å²) in [5, 5.41) is 21.2. The van der Waals surface area contributed by atoms with Gasteiger partial charge in [-0.25, -0.2) is 0 Å². The van der Waals surface area contributed by atoms with Gasteiger partial charge in [0.05, 0.1) is 27.0 Å². The molecule has 13 heteroatoms. The lowest BCUT2D eigenvalue weighted by atomic mass is 10.3. The van der Waals surface area contributed by atoms with Gasteiger partial charge in [0.2, 0.25) is 5.88 Å². The van der Waals surface area contributed by atoms with E-state index in [-0.39, 0.29) is 31.8 Å². The van der Waals surface area contributed by atoms with Gasteiger partial charge in [-0.15, -0.1) is 0 Å². The summed E-state index contributed by atoms with van der Waals surface area (Å²) >= 11 is 7.27. The number of aromatic hydroxyl groups is 1. The van der Waals surface area contributed by atoms with Crippen molar-refractivity contribution in [2.45, 2.75) is 6.54 Å². The van der Waals surface area contributed by atoms with Crippen molar-refractivity contribution < 1.29 is 14.8 Å². The smallest absolute Gasteiger partial charge is 0.308 e. The average molecular weight is 488 g/mol. The Balaban J connectivity index is 1.52. The van der Waals surface area contributed by atoms with Gasteiger partial charge in [-0.3, -0.25) is 34.7 Å². The van der Waals surface area contributed by atoms with Gasteiger partial charge in [0.25, 0.3) is 11.6 Å². The van der Waals surface area contributed by atoms with Gasteiger partial charge in [-0.2, -0.15) is 4.68 Å². The van der Waals surface area contributed by atoms with E-state index >= 15 is 0 Å². The first-order chi connectivity index (χ1) is 15.3. The summed E-state index contributed by atoms with van der Waals surface area (Å²) < 4.78 is 3.33. The number of benzene rings is 2. The molecule has 4 rings (SSSR count). The molecule has 0 unspecified atom stereocenters. The molecule has 4 aromatic rings. The number of fused-ring (bicyclic) bond motifs is 1. The van der Waals surface area contributed by atoms with E-state index in [1.54, 1.807) is 18.2 Å². The van der Waals surface area contributed by atoms with E-state index in [9.17, 15) is 24.8 Å². The van der Waals surface area contributed by atoms with Crippen molar-refractivity contribution in [3.63, 3.8) is 0 Å². The Hall–Kier alpha value is -3.68. The van der Waals surface area contributed by atoms with Crippen LogP contribution in [0.5, 0.6) is 5.88 Å². The maximum absolute atomic E-state index is 12.5. The number of nitro groups is 1. The number of amides is 1. The van der Waals surface area contributed by atoms with Gasteiger partial charge in [0.1, 0.15) is 11.4 Å². The molecule has 0 saturated carbocycles. The van der Waals surface area contributed by atoms with Crippen molar-refractivity contribution in [1.29, 1.82) is 0 Å². The maximum atomic E-state index is 12.5. The first kappa shape index (κ1) is 21.5. The summed E-state index contributed by atoms with van der Waals surface area (Å²) in [5.74, 6) is -0.861. The van der Waals surface area contributed by atoms with Crippen LogP contribution in [0.15, 0.2) is 58.3 Å². The molecule has 32 heavy (non-hydrogen) atoms. The number of nitro benzene ring substituents is 1. The van der Waals surface area contributed by atoms with Crippen LogP contribution in [-0.2, 0) is 11.3 Å². The standard InChI is InChI=1S/C19H13N5O5S3/c25-16(10-22-13-3-1-2-4-14(13)31-18(22)27)21-23-17(26)15(32-19(23)30)9-20-11-5-7-12(8-6-11)24(28)29/h1-9,26H,10H2,(H,21,25). The van der Waals surface area contributed by atoms with Crippen LogP contribution in [0.2, 0.25) is 0 Å². The van der Waals surface area contributed by atoms with Crippen LogP contribution in [-0.4, -0.2) is 31.4 Å². The van der Waals surface area contributed by atoms with Crippen molar-refractivity contribution in [3.05, 3.63) is 77.1 Å². The molecule has 2 N–H and O–H groups in total. The van der Waals surface area contributed by atoms with Gasteiger partial charge in [-0.05, 0) is 36.5 Å². The first-order valence-electron chi connectivity index (χ1n) is 8.95. The summed E-state index contributed by atoms with van der Waals surface area (Å²) in [4.78, 5) is 39.1. The number of rotatable bonds is 6. The second-order valence-corrected chi connectivity index (χ2v) is 9.05. The molecule has 0 atom stereocenters. The Morgan fingerprint density at radius 2 is 1.94 bits per heavy atom. The van der Waals surface area contributed by atoms with Crippen LogP contribution in [0.25, 0.3) is 10.2 Å². The largest absolute Gasteiger partial charge is 0.492 e. The van der Waals surface area contributed by atoms with E-state index in [0.29, 0.717) is 11.2 Å². The molecule has 2 aromatic carbocycles. The number of hydrogen-bond donors (Lipinski definition) is 2. The number of aliphatic imine (C=N–C) groups is 1. The van der Waals surface area contributed by atoms with Crippen LogP contribution in [0.1, 0.15) is 4.88 Å². The van der Waals surface area contributed by atoms with E-state index in [2.05, 4.69) is 10.4 Å². The third-order valence-corrected chi connectivity index (χ3v) is 6.57. The van der Waals surface area contributed by atoms with Crippen LogP contribution >= 0.6 is 34.9 Å². The predicted octanol–water partition coefficient (Wildman–Crippen LogP) is 3.79. The number of aromatic nitrogens is 2. The van der Waals surface area contributed by atoms with Crippen LogP contribution in [0.3, 0.4) is 0 Å². The molecule has 0 aliphatic rings. The molecule has 0 saturated heterocycles. The minimum atomic E-state index is -0.543. The van der Waals surface area contributed by atoms with Crippen molar-refractivity contribution in [2.24, 2.45) is 4.99 Å². The Morgan fingerprint density at radius 1 is 1.22 bits per heavy atom. The molecular weight excluding hydrogens is 474 g/mol. The fraction of sp³-hybridized carbons (Fsp3) is 0.0526. The zero-order valence-electron chi connectivity index (χ0n) is 16.0. The van der Waals surface area contributed by atoms with Crippen LogP contribution in [0.4, 0.5) is 11.4 Å². The normalized spacial score (nSPS) is 11.2. The van der Waals surface area contributed by atoms with E-state index in [1.165, 1.54) is 35.0 Å². The molecule has 0 aliphatic carbocycles. The highest BCUT2D eigenvalue weighted by Gasteiger charge is 2.15. The van der Waals surface area contributed by atoms with Gasteiger partial charge < -0.3 is 5.11 Å². The van der Waals surface area contributed by atoms with E-state index in [4.69, 9.17) is 12.2 Å². The second-order valence-electron chi connectivity index (χ2n) is 6.38. The zero-order valence-corrected chi connectivity index (χ0v) is 18.4. The maximum Gasteiger partial charge on any atom is 0.308 e. The lowest BCUT2D eigenvalue weighted by Gasteiger charge is -2.08. The number of nitrogens with zero attached hydrogens (tertiary/aromatic N) is 4. The van der Waals surface area contributed by atoms with Crippen molar-refractivity contribution in [3.8, 4) is 5.88 Å². The first-order valence-corrected chi connectivity index (χ1v) is 11.0. The Labute approximate surface area is 192 Å². The third-order valence-electron chi connectivity index (χ3n) is 4.32. The van der Waals surface area contributed by atoms with Crippen molar-refractivity contribution in [1.82, 2.24) is 9.24 Å². The number of carbonyl (C=O) groups excluding carboxylic acids is 1. The summed E-state index contributed by atoms with van der Waals surface area (Å²) in [6.45, 7) is -0.244. The summed E-state index contributed by atoms with van der Waals surface area (Å²) in [6, 6.07) is 12.7. The Kier molecular flexibility index (Phi) is 5.94. The quantitative estimate of drug-likeness (QED) is 0.184. The molecule has 0 fully saturated rings. The lowest BCUT2D eigenvalue weighted by molar-refractivity contribution is -0.384. The monoisotopic (exact) mass is 487 g/mol. The fourth-order valence-electron chi connectivity index (χ4n) is 2.83. The molecule has 2 heterocycles. The number of non-ortho nitro benzene ring substituents is 1. The molecule has 0 spiro atoms. The topological polar surface area (TPSA) is 132 Å². The number of hydrogen-bond acceptors (Lipinski definition) is 9. The molecule has 0 radical (unpaired) electrons. The highest BCUT2D eigenvalue weighted by Crippen LogP contribution is 2.25. The van der Waals surface area contributed by atoms with E-state index in [1.807, 2.05) is 6.07 Å². The lowest BCUT2D eigenvalue weighted by Crippen LogP contribution is -2.29. The van der Waals surface area contributed by atoms with Gasteiger partial charge >= 0.3 is 4.87 Å². The molecule has 0 bridgehead atoms. The fourth-order valence-corrected chi connectivity index (χ4v) is 4.82. The number of thiazole rings is 2. The second kappa shape index (κ2) is 8.82.